The number of nitrogens with zero attached hydrogens (tertiary/aromatic N) is 2. The highest BCUT2D eigenvalue weighted by atomic mass is 19.4. The average Bonchev–Trinajstić information content (AvgIpc) is 2.46. The van der Waals surface area contributed by atoms with Gasteiger partial charge in [-0.05, 0) is 24.3 Å². The Labute approximate surface area is 113 Å². The Balaban J connectivity index is 2.22. The molecule has 0 aliphatic carbocycles. The first kappa shape index (κ1) is 14.0. The Morgan fingerprint density at radius 2 is 1.75 bits per heavy atom. The van der Waals surface area contributed by atoms with Gasteiger partial charge in [0, 0.05) is 18.9 Å². The van der Waals surface area contributed by atoms with Crippen LogP contribution in [0.15, 0.2) is 48.7 Å². The van der Waals surface area contributed by atoms with Crippen LogP contribution in [0.2, 0.25) is 0 Å². The maximum absolute atomic E-state index is 12.4. The molecule has 6 heteroatoms. The van der Waals surface area contributed by atoms with E-state index in [0.29, 0.717) is 5.69 Å². The quantitative estimate of drug-likeness (QED) is 0.845. The van der Waals surface area contributed by atoms with E-state index in [1.54, 1.807) is 31.3 Å². The molecule has 0 aliphatic rings. The second-order valence-electron chi connectivity index (χ2n) is 4.13. The molecular weight excluding hydrogens is 269 g/mol. The van der Waals surface area contributed by atoms with E-state index in [9.17, 15) is 18.0 Å². The number of halogens is 3. The average molecular weight is 280 g/mol. The summed E-state index contributed by atoms with van der Waals surface area (Å²) < 4.78 is 37.2. The number of hydrogen-bond acceptors (Lipinski definition) is 2. The SMILES string of the molecule is CN(C(=O)c1ccc(C(F)(F)F)nc1)c1ccccc1. The summed E-state index contributed by atoms with van der Waals surface area (Å²) in [5, 5.41) is 0. The first-order valence-corrected chi connectivity index (χ1v) is 5.76. The lowest BCUT2D eigenvalue weighted by atomic mass is 10.2. The van der Waals surface area contributed by atoms with Gasteiger partial charge in [0.25, 0.3) is 5.91 Å². The summed E-state index contributed by atoms with van der Waals surface area (Å²) in [6, 6.07) is 10.7. The molecule has 0 saturated heterocycles. The molecule has 104 valence electrons. The van der Waals surface area contributed by atoms with E-state index >= 15 is 0 Å². The molecule has 0 aliphatic heterocycles. The summed E-state index contributed by atoms with van der Waals surface area (Å²) in [7, 11) is 1.55. The zero-order chi connectivity index (χ0) is 14.8. The van der Waals surface area contributed by atoms with Gasteiger partial charge in [0.15, 0.2) is 0 Å². The number of aromatic nitrogens is 1. The van der Waals surface area contributed by atoms with Crippen molar-refractivity contribution in [2.45, 2.75) is 6.18 Å². The summed E-state index contributed by atoms with van der Waals surface area (Å²) in [5.74, 6) is -0.419. The number of pyridine rings is 1. The minimum atomic E-state index is -4.51. The number of rotatable bonds is 2. The van der Waals surface area contributed by atoms with Gasteiger partial charge in [0.05, 0.1) is 5.56 Å². The largest absolute Gasteiger partial charge is 0.433 e. The molecular formula is C14H11F3N2O. The lowest BCUT2D eigenvalue weighted by molar-refractivity contribution is -0.141. The molecule has 0 unspecified atom stereocenters. The number of para-hydroxylation sites is 1. The molecule has 0 bridgehead atoms. The molecule has 20 heavy (non-hydrogen) atoms. The standard InChI is InChI=1S/C14H11F3N2O/c1-19(11-5-3-2-4-6-11)13(20)10-7-8-12(18-9-10)14(15,16)17/h2-9H,1H3. The summed E-state index contributed by atoms with van der Waals surface area (Å²) in [4.78, 5) is 16.7. The van der Waals surface area contributed by atoms with Crippen molar-refractivity contribution in [2.24, 2.45) is 0 Å². The molecule has 2 rings (SSSR count). The van der Waals surface area contributed by atoms with Crippen molar-refractivity contribution < 1.29 is 18.0 Å². The zero-order valence-electron chi connectivity index (χ0n) is 10.6. The molecule has 1 heterocycles. The Bertz CT molecular complexity index is 594. The van der Waals surface area contributed by atoms with Crippen LogP contribution < -0.4 is 4.90 Å². The van der Waals surface area contributed by atoms with Gasteiger partial charge < -0.3 is 4.90 Å². The normalized spacial score (nSPS) is 11.2. The summed E-state index contributed by atoms with van der Waals surface area (Å²) in [5.41, 5.74) is -0.266. The van der Waals surface area contributed by atoms with Crippen molar-refractivity contribution in [1.82, 2.24) is 4.98 Å². The first-order valence-electron chi connectivity index (χ1n) is 5.76. The molecule has 0 atom stereocenters. The fourth-order valence-electron chi connectivity index (χ4n) is 1.65. The van der Waals surface area contributed by atoms with Gasteiger partial charge in [-0.15, -0.1) is 0 Å². The number of alkyl halides is 3. The van der Waals surface area contributed by atoms with Crippen LogP contribution in [0.3, 0.4) is 0 Å². The molecule has 3 nitrogen and oxygen atoms in total. The van der Waals surface area contributed by atoms with Crippen LogP contribution in [0.5, 0.6) is 0 Å². The first-order chi connectivity index (χ1) is 9.39. The van der Waals surface area contributed by atoms with Gasteiger partial charge in [0.2, 0.25) is 0 Å². The highest BCUT2D eigenvalue weighted by Gasteiger charge is 2.32. The van der Waals surface area contributed by atoms with Crippen molar-refractivity contribution in [1.29, 1.82) is 0 Å². The van der Waals surface area contributed by atoms with E-state index in [-0.39, 0.29) is 5.56 Å². The van der Waals surface area contributed by atoms with E-state index in [1.165, 1.54) is 4.90 Å². The monoisotopic (exact) mass is 280 g/mol. The number of benzene rings is 1. The van der Waals surface area contributed by atoms with Gasteiger partial charge in [-0.1, -0.05) is 18.2 Å². The Morgan fingerprint density at radius 3 is 2.25 bits per heavy atom. The number of amides is 1. The zero-order valence-corrected chi connectivity index (χ0v) is 10.6. The molecule has 0 saturated carbocycles. The lowest BCUT2D eigenvalue weighted by Crippen LogP contribution is -2.26. The van der Waals surface area contributed by atoms with Crippen molar-refractivity contribution >= 4 is 11.6 Å². The Morgan fingerprint density at radius 1 is 1.10 bits per heavy atom. The second-order valence-corrected chi connectivity index (χ2v) is 4.13. The van der Waals surface area contributed by atoms with Gasteiger partial charge in [-0.2, -0.15) is 13.2 Å². The lowest BCUT2D eigenvalue weighted by Gasteiger charge is -2.17. The van der Waals surface area contributed by atoms with Crippen LogP contribution in [0.25, 0.3) is 0 Å². The van der Waals surface area contributed by atoms with Gasteiger partial charge in [0.1, 0.15) is 5.69 Å². The number of carbonyl (C=O) groups excluding carboxylic acids is 1. The minimum absolute atomic E-state index is 0.101. The molecule has 1 aromatic carbocycles. The highest BCUT2D eigenvalue weighted by Crippen LogP contribution is 2.27. The van der Waals surface area contributed by atoms with Gasteiger partial charge in [-0.3, -0.25) is 9.78 Å². The van der Waals surface area contributed by atoms with Gasteiger partial charge in [-0.25, -0.2) is 0 Å². The molecule has 1 aromatic heterocycles. The van der Waals surface area contributed by atoms with Crippen LogP contribution >= 0.6 is 0 Å². The van der Waals surface area contributed by atoms with Crippen LogP contribution in [-0.4, -0.2) is 17.9 Å². The van der Waals surface area contributed by atoms with Crippen LogP contribution in [0.1, 0.15) is 16.1 Å². The smallest absolute Gasteiger partial charge is 0.311 e. The van der Waals surface area contributed by atoms with Crippen LogP contribution in [-0.2, 0) is 6.18 Å². The van der Waals surface area contributed by atoms with Gasteiger partial charge >= 0.3 is 6.18 Å². The van der Waals surface area contributed by atoms with Crippen molar-refractivity contribution in [3.8, 4) is 0 Å². The van der Waals surface area contributed by atoms with Crippen molar-refractivity contribution in [3.63, 3.8) is 0 Å². The number of carbonyl (C=O) groups is 1. The third-order valence-corrected chi connectivity index (χ3v) is 2.75. The molecule has 0 spiro atoms. The fourth-order valence-corrected chi connectivity index (χ4v) is 1.65. The van der Waals surface area contributed by atoms with E-state index < -0.39 is 17.8 Å². The van der Waals surface area contributed by atoms with Crippen LogP contribution in [0, 0.1) is 0 Å². The fraction of sp³-hybridized carbons (Fsp3) is 0.143. The van der Waals surface area contributed by atoms with Crippen molar-refractivity contribution in [3.05, 3.63) is 59.9 Å². The number of hydrogen-bond donors (Lipinski definition) is 0. The molecule has 0 radical (unpaired) electrons. The topological polar surface area (TPSA) is 33.2 Å². The second kappa shape index (κ2) is 5.32. The highest BCUT2D eigenvalue weighted by molar-refractivity contribution is 6.05. The minimum Gasteiger partial charge on any atom is -0.311 e. The van der Waals surface area contributed by atoms with Crippen molar-refractivity contribution in [2.75, 3.05) is 11.9 Å². The van der Waals surface area contributed by atoms with E-state index in [4.69, 9.17) is 0 Å². The van der Waals surface area contributed by atoms with Crippen LogP contribution in [0.4, 0.5) is 18.9 Å². The Hall–Kier alpha value is -2.37. The van der Waals surface area contributed by atoms with E-state index in [1.807, 2.05) is 6.07 Å². The maximum Gasteiger partial charge on any atom is 0.433 e. The molecule has 2 aromatic rings. The summed E-state index contributed by atoms with van der Waals surface area (Å²) in [6.07, 6.45) is -3.57. The molecule has 0 N–H and O–H groups in total. The van der Waals surface area contributed by atoms with E-state index in [2.05, 4.69) is 4.98 Å². The Kier molecular flexibility index (Phi) is 3.74. The maximum atomic E-state index is 12.4. The number of anilines is 1. The summed E-state index contributed by atoms with van der Waals surface area (Å²) >= 11 is 0. The predicted molar refractivity (Wildman–Crippen MR) is 68.4 cm³/mol. The predicted octanol–water partition coefficient (Wildman–Crippen LogP) is 3.38. The summed E-state index contributed by atoms with van der Waals surface area (Å²) in [6.45, 7) is 0. The molecule has 1 amide bonds. The van der Waals surface area contributed by atoms with E-state index in [0.717, 1.165) is 18.3 Å². The third kappa shape index (κ3) is 2.96. The molecule has 0 fully saturated rings. The third-order valence-electron chi connectivity index (χ3n) is 2.75.